The summed E-state index contributed by atoms with van der Waals surface area (Å²) in [6.07, 6.45) is 4.31. The van der Waals surface area contributed by atoms with Crippen LogP contribution in [0.2, 0.25) is 0 Å². The van der Waals surface area contributed by atoms with Gasteiger partial charge < -0.3 is 10.8 Å². The van der Waals surface area contributed by atoms with Crippen LogP contribution in [0.3, 0.4) is 0 Å². The van der Waals surface area contributed by atoms with Crippen LogP contribution in [0.1, 0.15) is 32.1 Å². The van der Waals surface area contributed by atoms with Crippen LogP contribution in [-0.4, -0.2) is 34.6 Å². The average Bonchev–Trinajstić information content (AvgIpc) is 2.05. The van der Waals surface area contributed by atoms with Crippen molar-refractivity contribution in [1.29, 1.82) is 0 Å². The second-order valence-electron chi connectivity index (χ2n) is 3.83. The number of carboxylic acid groups (broad SMARTS) is 1. The van der Waals surface area contributed by atoms with E-state index in [0.717, 1.165) is 25.7 Å². The Morgan fingerprint density at radius 3 is 1.88 bits per heavy atom. The van der Waals surface area contributed by atoms with Crippen LogP contribution in [0.4, 0.5) is 0 Å². The number of rotatable bonds is 2. The summed E-state index contributed by atoms with van der Waals surface area (Å²) in [6.45, 7) is 0. The molecule has 0 aromatic rings. The Morgan fingerprint density at radius 2 is 1.56 bits per heavy atom. The molecule has 0 spiro atoms. The molecule has 8 heteroatoms. The summed E-state index contributed by atoms with van der Waals surface area (Å²) < 4.78 is 31.6. The van der Waals surface area contributed by atoms with E-state index in [9.17, 15) is 4.79 Å². The van der Waals surface area contributed by atoms with Crippen LogP contribution in [0.5, 0.6) is 0 Å². The van der Waals surface area contributed by atoms with Crippen LogP contribution >= 0.6 is 0 Å². The van der Waals surface area contributed by atoms with Gasteiger partial charge in [0.15, 0.2) is 0 Å². The molecule has 1 aliphatic rings. The van der Waals surface area contributed by atoms with Gasteiger partial charge in [-0.3, -0.25) is 13.9 Å². The van der Waals surface area contributed by atoms with Crippen LogP contribution < -0.4 is 5.73 Å². The van der Waals surface area contributed by atoms with Crippen molar-refractivity contribution < 1.29 is 27.4 Å². The van der Waals surface area contributed by atoms with Crippen molar-refractivity contribution in [3.05, 3.63) is 0 Å². The highest BCUT2D eigenvalue weighted by Gasteiger charge is 2.20. The molecule has 5 N–H and O–H groups in total. The molecular weight excluding hydrogens is 238 g/mol. The predicted molar refractivity (Wildman–Crippen MR) is 56.4 cm³/mol. The lowest BCUT2D eigenvalue weighted by Gasteiger charge is -2.24. The third-order valence-corrected chi connectivity index (χ3v) is 2.35. The third kappa shape index (κ3) is 11.4. The van der Waals surface area contributed by atoms with Crippen molar-refractivity contribution in [2.24, 2.45) is 11.7 Å². The Bertz CT molecular complexity index is 298. The lowest BCUT2D eigenvalue weighted by atomic mass is 9.84. The first kappa shape index (κ1) is 15.3. The topological polar surface area (TPSA) is 138 Å². The van der Waals surface area contributed by atoms with Gasteiger partial charge in [-0.25, -0.2) is 0 Å². The molecule has 7 nitrogen and oxygen atoms in total. The van der Waals surface area contributed by atoms with E-state index >= 15 is 0 Å². The minimum absolute atomic E-state index is 0.319. The molecule has 0 radical (unpaired) electrons. The zero-order valence-electron chi connectivity index (χ0n) is 8.74. The summed E-state index contributed by atoms with van der Waals surface area (Å²) in [4.78, 5) is 10.3. The first-order valence-electron chi connectivity index (χ1n) is 4.85. The van der Waals surface area contributed by atoms with Gasteiger partial charge in [-0.1, -0.05) is 0 Å². The molecule has 0 saturated heterocycles. The van der Waals surface area contributed by atoms with Crippen molar-refractivity contribution in [1.82, 2.24) is 0 Å². The Labute approximate surface area is 94.2 Å². The number of hydrogen-bond donors (Lipinski definition) is 4. The molecule has 1 rings (SSSR count). The fraction of sp³-hybridized carbons (Fsp3) is 0.875. The van der Waals surface area contributed by atoms with Crippen molar-refractivity contribution in [2.75, 3.05) is 0 Å². The van der Waals surface area contributed by atoms with E-state index in [-0.39, 0.29) is 0 Å². The Kier molecular flexibility index (Phi) is 6.49. The molecule has 0 heterocycles. The van der Waals surface area contributed by atoms with Crippen LogP contribution in [-0.2, 0) is 15.2 Å². The molecule has 1 aliphatic carbocycles. The maximum absolute atomic E-state index is 10.3. The lowest BCUT2D eigenvalue weighted by Crippen LogP contribution is -2.27. The van der Waals surface area contributed by atoms with Gasteiger partial charge in [0.25, 0.3) is 0 Å². The first-order valence-corrected chi connectivity index (χ1v) is 6.25. The van der Waals surface area contributed by atoms with Gasteiger partial charge in [0.1, 0.15) is 0 Å². The minimum Gasteiger partial charge on any atom is -0.481 e. The van der Waals surface area contributed by atoms with Gasteiger partial charge in [-0.05, 0) is 31.6 Å². The quantitative estimate of drug-likeness (QED) is 0.521. The van der Waals surface area contributed by atoms with Crippen LogP contribution in [0.25, 0.3) is 0 Å². The van der Waals surface area contributed by atoms with Crippen molar-refractivity contribution in [2.45, 2.75) is 38.1 Å². The van der Waals surface area contributed by atoms with Crippen molar-refractivity contribution >= 4 is 16.4 Å². The molecule has 0 bridgehead atoms. The van der Waals surface area contributed by atoms with E-state index < -0.39 is 16.4 Å². The molecule has 16 heavy (non-hydrogen) atoms. The number of carbonyl (C=O) groups is 1. The van der Waals surface area contributed by atoms with Crippen molar-refractivity contribution in [3.8, 4) is 0 Å². The zero-order valence-corrected chi connectivity index (χ0v) is 9.56. The SMILES string of the molecule is NC1CCC(CC(=O)O)CC1.O=S(=O)(O)O. The van der Waals surface area contributed by atoms with Gasteiger partial charge in [-0.2, -0.15) is 8.42 Å². The molecule has 0 amide bonds. The third-order valence-electron chi connectivity index (χ3n) is 2.35. The second kappa shape index (κ2) is 6.79. The minimum atomic E-state index is -4.67. The maximum atomic E-state index is 10.3. The smallest absolute Gasteiger partial charge is 0.394 e. The lowest BCUT2D eigenvalue weighted by molar-refractivity contribution is -0.138. The molecule has 0 aromatic carbocycles. The highest BCUT2D eigenvalue weighted by atomic mass is 32.3. The molecule has 0 unspecified atom stereocenters. The molecule has 0 atom stereocenters. The van der Waals surface area contributed by atoms with Crippen molar-refractivity contribution in [3.63, 3.8) is 0 Å². The number of aliphatic carboxylic acids is 1. The van der Waals surface area contributed by atoms with Gasteiger partial charge in [0, 0.05) is 12.5 Å². The number of carboxylic acids is 1. The molecule has 1 fully saturated rings. The predicted octanol–water partition coefficient (Wildman–Crippen LogP) is 0.326. The van der Waals surface area contributed by atoms with E-state index in [2.05, 4.69) is 0 Å². The van der Waals surface area contributed by atoms with Crippen LogP contribution in [0.15, 0.2) is 0 Å². The Hall–Kier alpha value is -0.700. The van der Waals surface area contributed by atoms with E-state index in [1.54, 1.807) is 0 Å². The Balaban J connectivity index is 0.000000385. The summed E-state index contributed by atoms with van der Waals surface area (Å²) in [5.74, 6) is -0.294. The fourth-order valence-corrected chi connectivity index (χ4v) is 1.64. The maximum Gasteiger partial charge on any atom is 0.394 e. The van der Waals surface area contributed by atoms with E-state index in [1.165, 1.54) is 0 Å². The molecular formula is C8H17NO6S. The standard InChI is InChI=1S/C8H15NO2.H2O4S/c9-7-3-1-6(2-4-7)5-8(10)11;1-5(2,3)4/h6-7H,1-5,9H2,(H,10,11);(H2,1,2,3,4). The fourth-order valence-electron chi connectivity index (χ4n) is 1.64. The summed E-state index contributed by atoms with van der Waals surface area (Å²) >= 11 is 0. The molecule has 96 valence electrons. The summed E-state index contributed by atoms with van der Waals surface area (Å²) in [7, 11) is -4.67. The normalized spacial score (nSPS) is 25.4. The second-order valence-corrected chi connectivity index (χ2v) is 4.72. The van der Waals surface area contributed by atoms with Crippen LogP contribution in [0, 0.1) is 5.92 Å². The zero-order chi connectivity index (χ0) is 12.8. The highest BCUT2D eigenvalue weighted by molar-refractivity contribution is 7.79. The molecule has 0 aromatic heterocycles. The van der Waals surface area contributed by atoms with E-state index in [1.807, 2.05) is 0 Å². The number of hydrogen-bond acceptors (Lipinski definition) is 4. The summed E-state index contributed by atoms with van der Waals surface area (Å²) in [5, 5.41) is 8.50. The monoisotopic (exact) mass is 255 g/mol. The van der Waals surface area contributed by atoms with E-state index in [0.29, 0.717) is 18.4 Å². The average molecular weight is 255 g/mol. The summed E-state index contributed by atoms with van der Waals surface area (Å²) in [6, 6.07) is 0.319. The van der Waals surface area contributed by atoms with Gasteiger partial charge in [-0.15, -0.1) is 0 Å². The molecule has 1 saturated carbocycles. The van der Waals surface area contributed by atoms with E-state index in [4.69, 9.17) is 28.4 Å². The molecule has 0 aliphatic heterocycles. The Morgan fingerprint density at radius 1 is 1.19 bits per heavy atom. The first-order chi connectivity index (χ1) is 7.18. The highest BCUT2D eigenvalue weighted by Crippen LogP contribution is 2.25. The summed E-state index contributed by atoms with van der Waals surface area (Å²) in [5.41, 5.74) is 5.68. The van der Waals surface area contributed by atoms with Gasteiger partial charge in [0.2, 0.25) is 0 Å². The largest absolute Gasteiger partial charge is 0.481 e. The van der Waals surface area contributed by atoms with Gasteiger partial charge >= 0.3 is 16.4 Å². The van der Waals surface area contributed by atoms with Gasteiger partial charge in [0.05, 0.1) is 0 Å². The number of nitrogens with two attached hydrogens (primary N) is 1.